The molecule has 0 aliphatic heterocycles. The molecule has 0 atom stereocenters. The molecule has 3 nitrogen and oxygen atoms in total. The van der Waals surface area contributed by atoms with Crippen molar-refractivity contribution >= 4 is 5.69 Å². The molecule has 0 aromatic heterocycles. The van der Waals surface area contributed by atoms with E-state index >= 15 is 0 Å². The van der Waals surface area contributed by atoms with E-state index in [1.807, 2.05) is 18.2 Å². The molecule has 1 aliphatic rings. The molecule has 0 heterocycles. The van der Waals surface area contributed by atoms with Crippen molar-refractivity contribution in [2.45, 2.75) is 51.1 Å². The van der Waals surface area contributed by atoms with Gasteiger partial charge in [0.15, 0.2) is 0 Å². The van der Waals surface area contributed by atoms with Crippen molar-refractivity contribution in [3.8, 4) is 0 Å². The SMILES string of the molecule is CN(CCCNCc1ccccc1N)C1CCCCC1. The van der Waals surface area contributed by atoms with Crippen LogP contribution in [0.25, 0.3) is 0 Å². The molecule has 0 unspecified atom stereocenters. The maximum Gasteiger partial charge on any atom is 0.0359 e. The number of nitrogen functional groups attached to an aromatic ring is 1. The highest BCUT2D eigenvalue weighted by molar-refractivity contribution is 5.46. The van der Waals surface area contributed by atoms with Crippen molar-refractivity contribution in [3.63, 3.8) is 0 Å². The smallest absolute Gasteiger partial charge is 0.0359 e. The van der Waals surface area contributed by atoms with Crippen molar-refractivity contribution < 1.29 is 0 Å². The third-order valence-electron chi connectivity index (χ3n) is 4.43. The summed E-state index contributed by atoms with van der Waals surface area (Å²) in [6, 6.07) is 8.92. The minimum absolute atomic E-state index is 0.827. The molecule has 20 heavy (non-hydrogen) atoms. The summed E-state index contributed by atoms with van der Waals surface area (Å²) < 4.78 is 0. The predicted octanol–water partition coefficient (Wildman–Crippen LogP) is 3.01. The van der Waals surface area contributed by atoms with Crippen LogP contribution < -0.4 is 11.1 Å². The molecule has 0 spiro atoms. The van der Waals surface area contributed by atoms with E-state index in [1.54, 1.807) is 0 Å². The van der Waals surface area contributed by atoms with Crippen LogP contribution in [0.3, 0.4) is 0 Å². The number of benzene rings is 1. The summed E-state index contributed by atoms with van der Waals surface area (Å²) in [5.74, 6) is 0. The Morgan fingerprint density at radius 2 is 1.95 bits per heavy atom. The van der Waals surface area contributed by atoms with Crippen LogP contribution >= 0.6 is 0 Å². The van der Waals surface area contributed by atoms with Crippen LogP contribution in [-0.4, -0.2) is 31.1 Å². The molecule has 3 N–H and O–H groups in total. The van der Waals surface area contributed by atoms with E-state index in [1.165, 1.54) is 50.6 Å². The second kappa shape index (κ2) is 8.28. The van der Waals surface area contributed by atoms with Crippen molar-refractivity contribution in [1.29, 1.82) is 0 Å². The van der Waals surface area contributed by atoms with Gasteiger partial charge in [-0.2, -0.15) is 0 Å². The normalized spacial score (nSPS) is 16.7. The molecule has 3 heteroatoms. The van der Waals surface area contributed by atoms with Crippen LogP contribution in [-0.2, 0) is 6.54 Å². The summed E-state index contributed by atoms with van der Waals surface area (Å²) in [5.41, 5.74) is 8.02. The van der Waals surface area contributed by atoms with Gasteiger partial charge in [0.05, 0.1) is 0 Å². The standard InChI is InChI=1S/C17H29N3/c1-20(16-9-3-2-4-10-16)13-7-12-19-14-15-8-5-6-11-17(15)18/h5-6,8,11,16,19H,2-4,7,9-10,12-14,18H2,1H3. The minimum atomic E-state index is 0.827. The van der Waals surface area contributed by atoms with Crippen molar-refractivity contribution in [1.82, 2.24) is 10.2 Å². The summed E-state index contributed by atoms with van der Waals surface area (Å²) in [5, 5.41) is 3.49. The first-order chi connectivity index (χ1) is 9.77. The zero-order chi connectivity index (χ0) is 14.2. The van der Waals surface area contributed by atoms with Gasteiger partial charge in [-0.05, 0) is 51.0 Å². The monoisotopic (exact) mass is 275 g/mol. The Morgan fingerprint density at radius 1 is 1.20 bits per heavy atom. The zero-order valence-electron chi connectivity index (χ0n) is 12.8. The van der Waals surface area contributed by atoms with Crippen molar-refractivity contribution in [2.24, 2.45) is 0 Å². The van der Waals surface area contributed by atoms with Gasteiger partial charge in [-0.1, -0.05) is 37.5 Å². The van der Waals surface area contributed by atoms with Gasteiger partial charge in [0.1, 0.15) is 0 Å². The summed E-state index contributed by atoms with van der Waals surface area (Å²) >= 11 is 0. The van der Waals surface area contributed by atoms with Crippen molar-refractivity contribution in [3.05, 3.63) is 29.8 Å². The van der Waals surface area contributed by atoms with Crippen LogP contribution in [0.4, 0.5) is 5.69 Å². The first-order valence-corrected chi connectivity index (χ1v) is 8.01. The number of rotatable bonds is 7. The number of nitrogens with two attached hydrogens (primary N) is 1. The Bertz CT molecular complexity index is 386. The van der Waals surface area contributed by atoms with Crippen LogP contribution in [0, 0.1) is 0 Å². The number of para-hydroxylation sites is 1. The summed E-state index contributed by atoms with van der Waals surface area (Å²) in [6.07, 6.45) is 8.26. The third-order valence-corrected chi connectivity index (χ3v) is 4.43. The Morgan fingerprint density at radius 3 is 2.70 bits per heavy atom. The first kappa shape index (κ1) is 15.3. The molecular weight excluding hydrogens is 246 g/mol. The fourth-order valence-corrected chi connectivity index (χ4v) is 3.08. The second-order valence-corrected chi connectivity index (χ2v) is 6.00. The highest BCUT2D eigenvalue weighted by atomic mass is 15.1. The Hall–Kier alpha value is -1.06. The van der Waals surface area contributed by atoms with E-state index in [0.717, 1.165) is 24.8 Å². The van der Waals surface area contributed by atoms with Gasteiger partial charge in [-0.3, -0.25) is 0 Å². The highest BCUT2D eigenvalue weighted by Crippen LogP contribution is 2.21. The lowest BCUT2D eigenvalue weighted by Gasteiger charge is -2.31. The summed E-state index contributed by atoms with van der Waals surface area (Å²) in [4.78, 5) is 2.55. The minimum Gasteiger partial charge on any atom is -0.398 e. The van der Waals surface area contributed by atoms with Crippen LogP contribution in [0.5, 0.6) is 0 Å². The average Bonchev–Trinajstić information content (AvgIpc) is 2.49. The molecule has 112 valence electrons. The largest absolute Gasteiger partial charge is 0.398 e. The van der Waals surface area contributed by atoms with Gasteiger partial charge in [0.2, 0.25) is 0 Å². The molecule has 1 aliphatic carbocycles. The van der Waals surface area contributed by atoms with Gasteiger partial charge < -0.3 is 16.0 Å². The number of nitrogens with zero attached hydrogens (tertiary/aromatic N) is 1. The fourth-order valence-electron chi connectivity index (χ4n) is 3.08. The number of anilines is 1. The van der Waals surface area contributed by atoms with Gasteiger partial charge >= 0.3 is 0 Å². The van der Waals surface area contributed by atoms with Crippen LogP contribution in [0.1, 0.15) is 44.1 Å². The Balaban J connectivity index is 1.58. The van der Waals surface area contributed by atoms with E-state index in [9.17, 15) is 0 Å². The second-order valence-electron chi connectivity index (χ2n) is 6.00. The van der Waals surface area contributed by atoms with E-state index in [4.69, 9.17) is 5.73 Å². The molecule has 1 aromatic rings. The lowest BCUT2D eigenvalue weighted by atomic mass is 9.94. The predicted molar refractivity (Wildman–Crippen MR) is 86.7 cm³/mol. The van der Waals surface area contributed by atoms with Gasteiger partial charge in [-0.15, -0.1) is 0 Å². The van der Waals surface area contributed by atoms with E-state index < -0.39 is 0 Å². The van der Waals surface area contributed by atoms with E-state index in [0.29, 0.717) is 0 Å². The Labute approximate surface area is 123 Å². The van der Waals surface area contributed by atoms with Crippen LogP contribution in [0.2, 0.25) is 0 Å². The Kier molecular flexibility index (Phi) is 6.34. The topological polar surface area (TPSA) is 41.3 Å². The lowest BCUT2D eigenvalue weighted by Crippen LogP contribution is -2.35. The van der Waals surface area contributed by atoms with E-state index in [2.05, 4.69) is 23.3 Å². The third kappa shape index (κ3) is 4.80. The molecule has 0 bridgehead atoms. The van der Waals surface area contributed by atoms with Gasteiger partial charge in [0, 0.05) is 18.3 Å². The molecule has 2 rings (SSSR count). The molecule has 0 saturated heterocycles. The zero-order valence-corrected chi connectivity index (χ0v) is 12.8. The average molecular weight is 275 g/mol. The molecule has 0 radical (unpaired) electrons. The quantitative estimate of drug-likeness (QED) is 0.594. The molecule has 1 fully saturated rings. The number of hydrogen-bond donors (Lipinski definition) is 2. The maximum atomic E-state index is 5.93. The van der Waals surface area contributed by atoms with E-state index in [-0.39, 0.29) is 0 Å². The highest BCUT2D eigenvalue weighted by Gasteiger charge is 2.16. The number of hydrogen-bond acceptors (Lipinski definition) is 3. The lowest BCUT2D eigenvalue weighted by molar-refractivity contribution is 0.189. The molecule has 1 aromatic carbocycles. The number of nitrogens with one attached hydrogen (secondary N) is 1. The molecule has 0 amide bonds. The van der Waals surface area contributed by atoms with Gasteiger partial charge in [-0.25, -0.2) is 0 Å². The first-order valence-electron chi connectivity index (χ1n) is 8.01. The van der Waals surface area contributed by atoms with Crippen LogP contribution in [0.15, 0.2) is 24.3 Å². The van der Waals surface area contributed by atoms with Gasteiger partial charge in [0.25, 0.3) is 0 Å². The maximum absolute atomic E-state index is 5.93. The fraction of sp³-hybridized carbons (Fsp3) is 0.647. The summed E-state index contributed by atoms with van der Waals surface area (Å²) in [6.45, 7) is 3.13. The molecule has 1 saturated carbocycles. The summed E-state index contributed by atoms with van der Waals surface area (Å²) in [7, 11) is 2.28. The van der Waals surface area contributed by atoms with Crippen molar-refractivity contribution in [2.75, 3.05) is 25.9 Å². The molecular formula is C17H29N3.